The van der Waals surface area contributed by atoms with Gasteiger partial charge in [-0.25, -0.2) is 9.38 Å². The van der Waals surface area contributed by atoms with Crippen molar-refractivity contribution in [1.29, 1.82) is 0 Å². The molecule has 1 aliphatic rings. The lowest BCUT2D eigenvalue weighted by Crippen LogP contribution is -2.37. The molecule has 3 rings (SSSR count). The number of hydrogen-bond donors (Lipinski definition) is 2. The summed E-state index contributed by atoms with van der Waals surface area (Å²) in [5.74, 6) is 0.476. The lowest BCUT2D eigenvalue weighted by atomic mass is 10.1. The molecule has 0 unspecified atom stereocenters. The number of halogens is 2. The van der Waals surface area contributed by atoms with Gasteiger partial charge in [-0.05, 0) is 42.3 Å². The van der Waals surface area contributed by atoms with Crippen molar-refractivity contribution in [2.75, 3.05) is 37.7 Å². The van der Waals surface area contributed by atoms with Gasteiger partial charge in [0.15, 0.2) is 5.96 Å². The third-order valence-corrected chi connectivity index (χ3v) is 4.75. The Morgan fingerprint density at radius 1 is 1.11 bits per heavy atom. The second kappa shape index (κ2) is 10.3. The molecule has 2 aromatic rings. The minimum absolute atomic E-state index is 0.214. The zero-order valence-electron chi connectivity index (χ0n) is 16.0. The molecule has 0 atom stereocenters. The van der Waals surface area contributed by atoms with Gasteiger partial charge >= 0.3 is 0 Å². The highest BCUT2D eigenvalue weighted by molar-refractivity contribution is 6.30. The normalized spacial score (nSPS) is 14.8. The summed E-state index contributed by atoms with van der Waals surface area (Å²) in [5, 5.41) is 7.21. The quantitative estimate of drug-likeness (QED) is 0.570. The van der Waals surface area contributed by atoms with Gasteiger partial charge in [-0.15, -0.1) is 0 Å². The molecule has 2 aromatic carbocycles. The van der Waals surface area contributed by atoms with Crippen LogP contribution in [-0.4, -0.2) is 38.8 Å². The van der Waals surface area contributed by atoms with Crippen LogP contribution in [-0.2, 0) is 17.8 Å². The summed E-state index contributed by atoms with van der Waals surface area (Å²) in [6.07, 6.45) is 0. The van der Waals surface area contributed by atoms with Gasteiger partial charge in [-0.3, -0.25) is 0 Å². The molecular weight excluding hydrogens is 379 g/mol. The van der Waals surface area contributed by atoms with E-state index in [1.165, 1.54) is 0 Å². The molecule has 1 heterocycles. The van der Waals surface area contributed by atoms with Crippen molar-refractivity contribution in [2.45, 2.75) is 20.0 Å². The van der Waals surface area contributed by atoms with Crippen LogP contribution in [0, 0.1) is 5.82 Å². The van der Waals surface area contributed by atoms with E-state index in [-0.39, 0.29) is 5.82 Å². The Balaban J connectivity index is 1.61. The highest BCUT2D eigenvalue weighted by atomic mass is 35.5. The Labute approximate surface area is 170 Å². The highest BCUT2D eigenvalue weighted by Crippen LogP contribution is 2.22. The second-order valence-electron chi connectivity index (χ2n) is 6.56. The van der Waals surface area contributed by atoms with E-state index in [9.17, 15) is 4.39 Å². The summed E-state index contributed by atoms with van der Waals surface area (Å²) in [6.45, 7) is 6.49. The van der Waals surface area contributed by atoms with E-state index in [1.54, 1.807) is 6.07 Å². The fourth-order valence-electron chi connectivity index (χ4n) is 3.01. The topological polar surface area (TPSA) is 48.9 Å². The summed E-state index contributed by atoms with van der Waals surface area (Å²) in [7, 11) is 0. The molecule has 2 N–H and O–H groups in total. The zero-order chi connectivity index (χ0) is 19.8. The van der Waals surface area contributed by atoms with E-state index in [0.29, 0.717) is 56.1 Å². The average molecular weight is 405 g/mol. The van der Waals surface area contributed by atoms with Crippen molar-refractivity contribution < 1.29 is 9.13 Å². The molecule has 0 spiro atoms. The number of rotatable bonds is 6. The van der Waals surface area contributed by atoms with Crippen LogP contribution in [0.4, 0.5) is 10.1 Å². The number of nitrogens with one attached hydrogen (secondary N) is 2. The van der Waals surface area contributed by atoms with E-state index in [1.807, 2.05) is 48.2 Å². The van der Waals surface area contributed by atoms with E-state index in [2.05, 4.69) is 15.6 Å². The third-order valence-electron chi connectivity index (χ3n) is 4.50. The predicted molar refractivity (Wildman–Crippen MR) is 113 cm³/mol. The number of hydrogen-bond acceptors (Lipinski definition) is 3. The first-order valence-corrected chi connectivity index (χ1v) is 9.91. The van der Waals surface area contributed by atoms with Crippen molar-refractivity contribution in [3.05, 3.63) is 64.4 Å². The summed E-state index contributed by atoms with van der Waals surface area (Å²) in [4.78, 5) is 6.59. The van der Waals surface area contributed by atoms with Gasteiger partial charge in [0.05, 0.1) is 25.4 Å². The molecule has 5 nitrogen and oxygen atoms in total. The van der Waals surface area contributed by atoms with Crippen LogP contribution in [0.1, 0.15) is 18.1 Å². The lowest BCUT2D eigenvalue weighted by Gasteiger charge is -2.29. The van der Waals surface area contributed by atoms with Crippen molar-refractivity contribution in [3.63, 3.8) is 0 Å². The minimum atomic E-state index is -0.214. The number of nitrogens with zero attached hydrogens (tertiary/aromatic N) is 2. The maximum absolute atomic E-state index is 14.5. The van der Waals surface area contributed by atoms with Gasteiger partial charge < -0.3 is 20.3 Å². The third kappa shape index (κ3) is 5.84. The largest absolute Gasteiger partial charge is 0.378 e. The molecule has 1 saturated heterocycles. The Bertz CT molecular complexity index is 791. The number of ether oxygens (including phenoxy) is 1. The monoisotopic (exact) mass is 404 g/mol. The number of morpholine rings is 1. The molecule has 0 radical (unpaired) electrons. The summed E-state index contributed by atoms with van der Waals surface area (Å²) in [5.41, 5.74) is 2.57. The molecule has 150 valence electrons. The Kier molecular flexibility index (Phi) is 7.51. The first kappa shape index (κ1) is 20.4. The first-order valence-electron chi connectivity index (χ1n) is 9.53. The van der Waals surface area contributed by atoms with Crippen LogP contribution in [0.25, 0.3) is 0 Å². The molecule has 0 aliphatic carbocycles. The van der Waals surface area contributed by atoms with Crippen LogP contribution >= 0.6 is 11.6 Å². The molecule has 0 bridgehead atoms. The predicted octanol–water partition coefficient (Wildman–Crippen LogP) is 3.57. The summed E-state index contributed by atoms with van der Waals surface area (Å²) < 4.78 is 19.9. The smallest absolute Gasteiger partial charge is 0.191 e. The Morgan fingerprint density at radius 3 is 2.50 bits per heavy atom. The van der Waals surface area contributed by atoms with Crippen LogP contribution < -0.4 is 15.5 Å². The van der Waals surface area contributed by atoms with Crippen molar-refractivity contribution in [1.82, 2.24) is 10.6 Å². The van der Waals surface area contributed by atoms with Crippen molar-refractivity contribution in [3.8, 4) is 0 Å². The first-order chi connectivity index (χ1) is 13.7. The highest BCUT2D eigenvalue weighted by Gasteiger charge is 2.15. The zero-order valence-corrected chi connectivity index (χ0v) is 16.8. The molecule has 0 amide bonds. The maximum atomic E-state index is 14.5. The number of guanidine groups is 1. The van der Waals surface area contributed by atoms with Crippen LogP contribution in [0.3, 0.4) is 0 Å². The fraction of sp³-hybridized carbons (Fsp3) is 0.381. The fourth-order valence-corrected chi connectivity index (χ4v) is 3.14. The van der Waals surface area contributed by atoms with Gasteiger partial charge in [-0.2, -0.15) is 0 Å². The molecular formula is C21H26ClFN4O. The van der Waals surface area contributed by atoms with E-state index in [0.717, 1.165) is 17.7 Å². The van der Waals surface area contributed by atoms with Gasteiger partial charge in [-0.1, -0.05) is 29.8 Å². The SMILES string of the molecule is CCNC(=NCc1ccc(N2CCOCC2)c(F)c1)NCc1ccc(Cl)cc1. The summed E-state index contributed by atoms with van der Waals surface area (Å²) in [6, 6.07) is 13.0. The van der Waals surface area contributed by atoms with Crippen LogP contribution in [0.5, 0.6) is 0 Å². The lowest BCUT2D eigenvalue weighted by molar-refractivity contribution is 0.122. The summed E-state index contributed by atoms with van der Waals surface area (Å²) >= 11 is 5.92. The molecule has 0 aromatic heterocycles. The molecule has 0 saturated carbocycles. The minimum Gasteiger partial charge on any atom is -0.378 e. The molecule has 1 aliphatic heterocycles. The van der Waals surface area contributed by atoms with Gasteiger partial charge in [0.1, 0.15) is 5.82 Å². The maximum Gasteiger partial charge on any atom is 0.191 e. The second-order valence-corrected chi connectivity index (χ2v) is 7.00. The van der Waals surface area contributed by atoms with Gasteiger partial charge in [0, 0.05) is 31.2 Å². The van der Waals surface area contributed by atoms with E-state index < -0.39 is 0 Å². The van der Waals surface area contributed by atoms with Crippen molar-refractivity contribution in [2.24, 2.45) is 4.99 Å². The van der Waals surface area contributed by atoms with Crippen LogP contribution in [0.15, 0.2) is 47.5 Å². The Hall–Kier alpha value is -2.31. The molecule has 28 heavy (non-hydrogen) atoms. The standard InChI is InChI=1S/C21H26ClFN4O/c1-2-24-21(25-14-16-3-6-18(22)7-4-16)26-15-17-5-8-20(19(23)13-17)27-9-11-28-12-10-27/h3-8,13H,2,9-12,14-15H2,1H3,(H2,24,25,26). The number of benzene rings is 2. The Morgan fingerprint density at radius 2 is 1.82 bits per heavy atom. The van der Waals surface area contributed by atoms with Gasteiger partial charge in [0.2, 0.25) is 0 Å². The van der Waals surface area contributed by atoms with Crippen molar-refractivity contribution >= 4 is 23.2 Å². The average Bonchev–Trinajstić information content (AvgIpc) is 2.72. The number of anilines is 1. The molecule has 1 fully saturated rings. The molecule has 7 heteroatoms. The van der Waals surface area contributed by atoms with Gasteiger partial charge in [0.25, 0.3) is 0 Å². The van der Waals surface area contributed by atoms with E-state index in [4.69, 9.17) is 16.3 Å². The number of aliphatic imine (C=N–C) groups is 1. The van der Waals surface area contributed by atoms with Crippen LogP contribution in [0.2, 0.25) is 5.02 Å². The van der Waals surface area contributed by atoms with E-state index >= 15 is 0 Å².